The third-order valence-corrected chi connectivity index (χ3v) is 7.14. The maximum atomic E-state index is 13.9. The van der Waals surface area contributed by atoms with Crippen LogP contribution in [0.15, 0.2) is 60.7 Å². The highest BCUT2D eigenvalue weighted by Crippen LogP contribution is 2.45. The Kier molecular flexibility index (Phi) is 7.63. The van der Waals surface area contributed by atoms with E-state index >= 15 is 0 Å². The van der Waals surface area contributed by atoms with Crippen molar-refractivity contribution in [1.29, 1.82) is 0 Å². The number of nitrogens with zero attached hydrogens (tertiary/aromatic N) is 2. The maximum absolute atomic E-state index is 13.9. The molecule has 2 heterocycles. The van der Waals surface area contributed by atoms with Gasteiger partial charge < -0.3 is 15.0 Å². The molecule has 2 aromatic carbocycles. The van der Waals surface area contributed by atoms with E-state index in [-0.39, 0.29) is 37.5 Å². The van der Waals surface area contributed by atoms with E-state index in [0.29, 0.717) is 0 Å². The molecular weight excluding hydrogens is 472 g/mol. The summed E-state index contributed by atoms with van der Waals surface area (Å²) >= 11 is 0. The number of hydrogen-bond donors (Lipinski definition) is 2. The first-order valence-corrected chi connectivity index (χ1v) is 12.5. The first kappa shape index (κ1) is 26.3. The Morgan fingerprint density at radius 1 is 1.03 bits per heavy atom. The molecule has 0 aromatic heterocycles. The molecule has 37 heavy (non-hydrogen) atoms. The summed E-state index contributed by atoms with van der Waals surface area (Å²) in [6, 6.07) is 17.6. The van der Waals surface area contributed by atoms with Crippen molar-refractivity contribution in [2.75, 3.05) is 20.7 Å². The van der Waals surface area contributed by atoms with Gasteiger partial charge >= 0.3 is 12.0 Å². The predicted octanol–water partition coefficient (Wildman–Crippen LogP) is 1.96. The highest BCUT2D eigenvalue weighted by molar-refractivity contribution is 6.09. The number of methoxy groups -OCH3 is 1. The quantitative estimate of drug-likeness (QED) is 0.419. The van der Waals surface area contributed by atoms with Gasteiger partial charge in [0.25, 0.3) is 0 Å². The first-order chi connectivity index (χ1) is 17.7. The standard InChI is InChI=1S/C28H34N4O5/c1-18(2)29-27(36)31(3)17-21-22-23(25(34)32(24(22)33)16-20-13-9-6-10-14-20)28(30-21,26(35)37-4)15-19-11-7-5-8-12-19/h5-14,18,21-23,30H,15-17H2,1-4H3,(H,29,36)/t21-,22+,23-,28-/m1/s1. The topological polar surface area (TPSA) is 108 Å². The Labute approximate surface area is 217 Å². The number of nitrogens with one attached hydrogen (secondary N) is 2. The number of imide groups is 1. The van der Waals surface area contributed by atoms with E-state index in [9.17, 15) is 19.2 Å². The molecule has 0 bridgehead atoms. The van der Waals surface area contributed by atoms with E-state index in [1.54, 1.807) is 7.05 Å². The van der Waals surface area contributed by atoms with Crippen LogP contribution in [0.3, 0.4) is 0 Å². The molecule has 2 aromatic rings. The fourth-order valence-corrected chi connectivity index (χ4v) is 5.52. The molecule has 0 aliphatic carbocycles. The van der Waals surface area contributed by atoms with Crippen molar-refractivity contribution in [3.05, 3.63) is 71.8 Å². The number of rotatable bonds is 8. The van der Waals surface area contributed by atoms with E-state index in [1.807, 2.05) is 74.5 Å². The zero-order chi connectivity index (χ0) is 26.7. The van der Waals surface area contributed by atoms with Crippen LogP contribution in [0.2, 0.25) is 0 Å². The van der Waals surface area contributed by atoms with Crippen LogP contribution in [-0.2, 0) is 32.1 Å². The second kappa shape index (κ2) is 10.7. The molecule has 0 spiro atoms. The lowest BCUT2D eigenvalue weighted by molar-refractivity contribution is -0.154. The van der Waals surface area contributed by atoms with Crippen LogP contribution in [0, 0.1) is 11.8 Å². The number of benzene rings is 2. The molecule has 0 radical (unpaired) electrons. The van der Waals surface area contributed by atoms with Gasteiger partial charge in [0.15, 0.2) is 0 Å². The number of esters is 1. The number of urea groups is 1. The van der Waals surface area contributed by atoms with Gasteiger partial charge in [0.2, 0.25) is 11.8 Å². The van der Waals surface area contributed by atoms with Crippen LogP contribution in [0.25, 0.3) is 0 Å². The number of ether oxygens (including phenoxy) is 1. The lowest BCUT2D eigenvalue weighted by Gasteiger charge is -2.33. The van der Waals surface area contributed by atoms with Gasteiger partial charge in [0.05, 0.1) is 25.5 Å². The smallest absolute Gasteiger partial charge is 0.327 e. The number of hydrogen-bond acceptors (Lipinski definition) is 6. The van der Waals surface area contributed by atoms with Crippen molar-refractivity contribution in [2.45, 2.75) is 44.4 Å². The van der Waals surface area contributed by atoms with Crippen molar-refractivity contribution < 1.29 is 23.9 Å². The Morgan fingerprint density at radius 3 is 2.19 bits per heavy atom. The minimum absolute atomic E-state index is 0.0671. The van der Waals surface area contributed by atoms with E-state index in [1.165, 1.54) is 16.9 Å². The second-order valence-corrected chi connectivity index (χ2v) is 10.1. The lowest BCUT2D eigenvalue weighted by Crippen LogP contribution is -2.60. The summed E-state index contributed by atoms with van der Waals surface area (Å²) in [7, 11) is 2.91. The van der Waals surface area contributed by atoms with Gasteiger partial charge in [-0.05, 0) is 25.0 Å². The molecule has 0 unspecified atom stereocenters. The zero-order valence-corrected chi connectivity index (χ0v) is 21.6. The van der Waals surface area contributed by atoms with E-state index in [2.05, 4.69) is 10.6 Å². The van der Waals surface area contributed by atoms with Crippen LogP contribution in [-0.4, -0.2) is 71.9 Å². The molecule has 0 saturated carbocycles. The number of fused-ring (bicyclic) bond motifs is 1. The average Bonchev–Trinajstić information content (AvgIpc) is 3.33. The summed E-state index contributed by atoms with van der Waals surface area (Å²) < 4.78 is 5.23. The highest BCUT2D eigenvalue weighted by Gasteiger charge is 2.68. The van der Waals surface area contributed by atoms with Crippen LogP contribution < -0.4 is 10.6 Å². The van der Waals surface area contributed by atoms with Gasteiger partial charge in [0, 0.05) is 32.1 Å². The van der Waals surface area contributed by atoms with Crippen LogP contribution in [0.1, 0.15) is 25.0 Å². The SMILES string of the molecule is COC(=O)[C@]1(Cc2ccccc2)N[C@H](CN(C)C(=O)NC(C)C)[C@@H]2C(=O)N(Cc3ccccc3)C(=O)[C@@H]21. The van der Waals surface area contributed by atoms with Crippen LogP contribution >= 0.6 is 0 Å². The molecule has 2 fully saturated rings. The van der Waals surface area contributed by atoms with Gasteiger partial charge in [-0.15, -0.1) is 0 Å². The first-order valence-electron chi connectivity index (χ1n) is 12.5. The normalized spacial score (nSPS) is 24.8. The summed E-state index contributed by atoms with van der Waals surface area (Å²) in [5, 5.41) is 6.16. The molecule has 196 valence electrons. The van der Waals surface area contributed by atoms with Crippen molar-refractivity contribution in [3.63, 3.8) is 0 Å². The van der Waals surface area contributed by atoms with Crippen molar-refractivity contribution in [3.8, 4) is 0 Å². The highest BCUT2D eigenvalue weighted by atomic mass is 16.5. The van der Waals surface area contributed by atoms with Crippen molar-refractivity contribution in [1.82, 2.24) is 20.4 Å². The minimum Gasteiger partial charge on any atom is -0.468 e. The van der Waals surface area contributed by atoms with E-state index < -0.39 is 35.3 Å². The third kappa shape index (κ3) is 5.09. The Morgan fingerprint density at radius 2 is 1.62 bits per heavy atom. The molecule has 9 nitrogen and oxygen atoms in total. The summed E-state index contributed by atoms with van der Waals surface area (Å²) in [6.07, 6.45) is 0.165. The Hall–Kier alpha value is -3.72. The van der Waals surface area contributed by atoms with Crippen molar-refractivity contribution >= 4 is 23.8 Å². The zero-order valence-electron chi connectivity index (χ0n) is 21.6. The molecule has 2 N–H and O–H groups in total. The largest absolute Gasteiger partial charge is 0.468 e. The fraction of sp³-hybridized carbons (Fsp3) is 0.429. The molecule has 2 saturated heterocycles. The summed E-state index contributed by atoms with van der Waals surface area (Å²) in [5.41, 5.74) is 0.181. The second-order valence-electron chi connectivity index (χ2n) is 10.1. The summed E-state index contributed by atoms with van der Waals surface area (Å²) in [4.78, 5) is 56.5. The van der Waals surface area contributed by atoms with Crippen molar-refractivity contribution in [2.24, 2.45) is 11.8 Å². The Bertz CT molecular complexity index is 1160. The lowest BCUT2D eigenvalue weighted by atomic mass is 9.76. The number of amides is 4. The van der Waals surface area contributed by atoms with Gasteiger partial charge in [-0.1, -0.05) is 60.7 Å². The summed E-state index contributed by atoms with van der Waals surface area (Å²) in [5.74, 6) is -3.17. The van der Waals surface area contributed by atoms with Gasteiger partial charge in [0.1, 0.15) is 5.54 Å². The fourth-order valence-electron chi connectivity index (χ4n) is 5.52. The van der Waals surface area contributed by atoms with Crippen LogP contribution in [0.4, 0.5) is 4.79 Å². The minimum atomic E-state index is -1.46. The third-order valence-electron chi connectivity index (χ3n) is 7.14. The number of likely N-dealkylation sites (N-methyl/N-ethyl adjacent to an activating group) is 1. The monoisotopic (exact) mass is 506 g/mol. The molecule has 9 heteroatoms. The molecule has 2 aliphatic rings. The molecular formula is C28H34N4O5. The van der Waals surface area contributed by atoms with Crippen LogP contribution in [0.5, 0.6) is 0 Å². The van der Waals surface area contributed by atoms with E-state index in [4.69, 9.17) is 4.74 Å². The summed E-state index contributed by atoms with van der Waals surface area (Å²) in [6.45, 7) is 3.96. The van der Waals surface area contributed by atoms with Gasteiger partial charge in [-0.3, -0.25) is 24.6 Å². The molecule has 2 aliphatic heterocycles. The molecule has 4 atom stereocenters. The van der Waals surface area contributed by atoms with Gasteiger partial charge in [-0.25, -0.2) is 4.79 Å². The maximum Gasteiger partial charge on any atom is 0.327 e. The number of carbonyl (C=O) groups excluding carboxylic acids is 4. The predicted molar refractivity (Wildman–Crippen MR) is 137 cm³/mol. The molecule has 4 amide bonds. The van der Waals surface area contributed by atoms with E-state index in [0.717, 1.165) is 11.1 Å². The number of likely N-dealkylation sites (tertiary alicyclic amines) is 1. The average molecular weight is 507 g/mol. The number of carbonyl (C=O) groups is 4. The Balaban J connectivity index is 1.73. The van der Waals surface area contributed by atoms with Gasteiger partial charge in [-0.2, -0.15) is 0 Å². The molecule has 4 rings (SSSR count).